The summed E-state index contributed by atoms with van der Waals surface area (Å²) in [5.74, 6) is 0.808. The van der Waals surface area contributed by atoms with E-state index in [2.05, 4.69) is 15.5 Å². The summed E-state index contributed by atoms with van der Waals surface area (Å²) in [4.78, 5) is 14.6. The minimum Gasteiger partial charge on any atom is -0.375 e. The third kappa shape index (κ3) is 3.23. The molecule has 3 rings (SSSR count). The molecule has 2 heterocycles. The molecule has 1 aromatic carbocycles. The first-order chi connectivity index (χ1) is 10.2. The topological polar surface area (TPSA) is 103 Å². The Hall–Kier alpha value is -2.32. The molecule has 0 radical (unpaired) electrons. The van der Waals surface area contributed by atoms with Gasteiger partial charge in [0, 0.05) is 30.8 Å². The van der Waals surface area contributed by atoms with E-state index in [0.717, 1.165) is 13.1 Å². The van der Waals surface area contributed by atoms with Gasteiger partial charge in [-0.2, -0.15) is 4.98 Å². The summed E-state index contributed by atoms with van der Waals surface area (Å²) in [6, 6.07) is 6.15. The smallest absolute Gasteiger partial charge is 0.270 e. The molecule has 0 bridgehead atoms. The molecular formula is C13H14N4O4. The maximum absolute atomic E-state index is 10.8. The van der Waals surface area contributed by atoms with E-state index in [4.69, 9.17) is 9.26 Å². The van der Waals surface area contributed by atoms with Crippen LogP contribution < -0.4 is 5.32 Å². The fourth-order valence-corrected chi connectivity index (χ4v) is 2.16. The van der Waals surface area contributed by atoms with Crippen molar-refractivity contribution in [3.63, 3.8) is 0 Å². The molecule has 1 aromatic heterocycles. The first-order valence-corrected chi connectivity index (χ1v) is 6.62. The Morgan fingerprint density at radius 1 is 1.48 bits per heavy atom. The van der Waals surface area contributed by atoms with Crippen molar-refractivity contribution in [2.45, 2.75) is 12.5 Å². The molecule has 1 unspecified atom stereocenters. The zero-order valence-corrected chi connectivity index (χ0v) is 11.2. The van der Waals surface area contributed by atoms with Crippen LogP contribution in [-0.2, 0) is 11.2 Å². The van der Waals surface area contributed by atoms with E-state index in [1.54, 1.807) is 12.1 Å². The van der Waals surface area contributed by atoms with Crippen molar-refractivity contribution in [1.82, 2.24) is 15.5 Å². The highest BCUT2D eigenvalue weighted by Crippen LogP contribution is 2.21. The number of morpholine rings is 1. The summed E-state index contributed by atoms with van der Waals surface area (Å²) in [7, 11) is 0. The third-order valence-electron chi connectivity index (χ3n) is 3.19. The van der Waals surface area contributed by atoms with Gasteiger partial charge < -0.3 is 14.6 Å². The molecule has 0 aliphatic carbocycles. The lowest BCUT2D eigenvalue weighted by Gasteiger charge is -2.21. The van der Waals surface area contributed by atoms with Crippen molar-refractivity contribution in [1.29, 1.82) is 0 Å². The van der Waals surface area contributed by atoms with Gasteiger partial charge in [-0.1, -0.05) is 17.3 Å². The number of nitrogens with zero attached hydrogens (tertiary/aromatic N) is 3. The van der Waals surface area contributed by atoms with E-state index < -0.39 is 4.92 Å². The summed E-state index contributed by atoms with van der Waals surface area (Å²) in [6.07, 6.45) is 0.534. The molecule has 1 aliphatic rings. The molecule has 0 amide bonds. The van der Waals surface area contributed by atoms with Gasteiger partial charge in [0.25, 0.3) is 5.69 Å². The summed E-state index contributed by atoms with van der Waals surface area (Å²) >= 11 is 0. The van der Waals surface area contributed by atoms with Crippen LogP contribution in [-0.4, -0.2) is 40.9 Å². The second-order valence-corrected chi connectivity index (χ2v) is 4.72. The molecule has 1 saturated heterocycles. The number of benzene rings is 1. The van der Waals surface area contributed by atoms with E-state index in [1.165, 1.54) is 12.1 Å². The van der Waals surface area contributed by atoms with Gasteiger partial charge in [0.15, 0.2) is 0 Å². The maximum Gasteiger partial charge on any atom is 0.270 e. The minimum atomic E-state index is -0.452. The fourth-order valence-electron chi connectivity index (χ4n) is 2.16. The Bertz CT molecular complexity index is 637. The molecule has 8 heteroatoms. The lowest BCUT2D eigenvalue weighted by atomic mass is 10.2. The van der Waals surface area contributed by atoms with Crippen LogP contribution in [0.1, 0.15) is 5.89 Å². The highest BCUT2D eigenvalue weighted by molar-refractivity contribution is 5.58. The summed E-state index contributed by atoms with van der Waals surface area (Å²) in [5, 5.41) is 17.9. The van der Waals surface area contributed by atoms with Crippen LogP contribution in [0.4, 0.5) is 5.69 Å². The summed E-state index contributed by atoms with van der Waals surface area (Å²) in [6.45, 7) is 2.25. The van der Waals surface area contributed by atoms with E-state index in [-0.39, 0.29) is 11.8 Å². The molecule has 1 aliphatic heterocycles. The SMILES string of the molecule is O=[N+]([O-])c1cccc(-c2noc(CC3CNCCO3)n2)c1. The molecule has 110 valence electrons. The molecule has 21 heavy (non-hydrogen) atoms. The highest BCUT2D eigenvalue weighted by atomic mass is 16.6. The Balaban J connectivity index is 1.75. The van der Waals surface area contributed by atoms with Gasteiger partial charge in [0.2, 0.25) is 11.7 Å². The Morgan fingerprint density at radius 3 is 3.14 bits per heavy atom. The van der Waals surface area contributed by atoms with Crippen LogP contribution in [0.5, 0.6) is 0 Å². The quantitative estimate of drug-likeness (QED) is 0.666. The van der Waals surface area contributed by atoms with Gasteiger partial charge in [-0.25, -0.2) is 0 Å². The number of nitro benzene ring substituents is 1. The average molecular weight is 290 g/mol. The van der Waals surface area contributed by atoms with Crippen molar-refractivity contribution in [2.75, 3.05) is 19.7 Å². The van der Waals surface area contributed by atoms with Gasteiger partial charge >= 0.3 is 0 Å². The highest BCUT2D eigenvalue weighted by Gasteiger charge is 2.19. The zero-order valence-electron chi connectivity index (χ0n) is 11.2. The molecular weight excluding hydrogens is 276 g/mol. The molecule has 1 N–H and O–H groups in total. The molecule has 8 nitrogen and oxygen atoms in total. The third-order valence-corrected chi connectivity index (χ3v) is 3.19. The number of aromatic nitrogens is 2. The minimum absolute atomic E-state index is 0.00124. The van der Waals surface area contributed by atoms with Crippen LogP contribution in [0.15, 0.2) is 28.8 Å². The molecule has 2 aromatic rings. The van der Waals surface area contributed by atoms with E-state index in [0.29, 0.717) is 30.3 Å². The average Bonchev–Trinajstić information content (AvgIpc) is 2.97. The Kier molecular flexibility index (Phi) is 3.89. The van der Waals surface area contributed by atoms with Crippen molar-refractivity contribution < 1.29 is 14.2 Å². The zero-order chi connectivity index (χ0) is 14.7. The number of non-ortho nitro benzene ring substituents is 1. The van der Waals surface area contributed by atoms with Crippen LogP contribution >= 0.6 is 0 Å². The Morgan fingerprint density at radius 2 is 2.38 bits per heavy atom. The number of rotatable bonds is 4. The second-order valence-electron chi connectivity index (χ2n) is 4.72. The largest absolute Gasteiger partial charge is 0.375 e. The first-order valence-electron chi connectivity index (χ1n) is 6.62. The van der Waals surface area contributed by atoms with E-state index in [1.807, 2.05) is 0 Å². The predicted molar refractivity (Wildman–Crippen MR) is 72.7 cm³/mol. The van der Waals surface area contributed by atoms with Crippen molar-refractivity contribution >= 4 is 5.69 Å². The standard InChI is InChI=1S/C13H14N4O4/c18-17(19)10-3-1-2-9(6-10)13-15-12(21-16-13)7-11-8-14-4-5-20-11/h1-3,6,11,14H,4-5,7-8H2. The lowest BCUT2D eigenvalue weighted by molar-refractivity contribution is -0.384. The number of hydrogen-bond donors (Lipinski definition) is 1. The van der Waals surface area contributed by atoms with Gasteiger partial charge in [-0.05, 0) is 0 Å². The summed E-state index contributed by atoms with van der Waals surface area (Å²) < 4.78 is 10.8. The van der Waals surface area contributed by atoms with E-state index >= 15 is 0 Å². The normalized spacial score (nSPS) is 18.6. The van der Waals surface area contributed by atoms with E-state index in [9.17, 15) is 10.1 Å². The maximum atomic E-state index is 10.8. The number of nitrogens with one attached hydrogen (secondary N) is 1. The number of ether oxygens (including phenoxy) is 1. The van der Waals surface area contributed by atoms with Crippen LogP contribution in [0.25, 0.3) is 11.4 Å². The fraction of sp³-hybridized carbons (Fsp3) is 0.385. The van der Waals surface area contributed by atoms with Crippen molar-refractivity contribution in [3.8, 4) is 11.4 Å². The predicted octanol–water partition coefficient (Wildman–Crippen LogP) is 1.18. The second kappa shape index (κ2) is 5.98. The lowest BCUT2D eigenvalue weighted by Crippen LogP contribution is -2.39. The van der Waals surface area contributed by atoms with Crippen LogP contribution in [0, 0.1) is 10.1 Å². The number of hydrogen-bond acceptors (Lipinski definition) is 7. The van der Waals surface area contributed by atoms with Gasteiger partial charge in [0.05, 0.1) is 24.1 Å². The molecule has 0 spiro atoms. The Labute approximate surface area is 120 Å². The number of nitro groups is 1. The monoisotopic (exact) mass is 290 g/mol. The first kappa shape index (κ1) is 13.7. The van der Waals surface area contributed by atoms with Crippen LogP contribution in [0.3, 0.4) is 0 Å². The van der Waals surface area contributed by atoms with Crippen molar-refractivity contribution in [2.24, 2.45) is 0 Å². The van der Waals surface area contributed by atoms with Gasteiger partial charge in [-0.15, -0.1) is 0 Å². The molecule has 0 saturated carbocycles. The summed E-state index contributed by atoms with van der Waals surface area (Å²) in [5.41, 5.74) is 0.556. The van der Waals surface area contributed by atoms with Gasteiger partial charge in [0.1, 0.15) is 0 Å². The van der Waals surface area contributed by atoms with Gasteiger partial charge in [-0.3, -0.25) is 10.1 Å². The van der Waals surface area contributed by atoms with Crippen LogP contribution in [0.2, 0.25) is 0 Å². The van der Waals surface area contributed by atoms with Crippen molar-refractivity contribution in [3.05, 3.63) is 40.3 Å². The molecule has 1 atom stereocenters. The molecule has 1 fully saturated rings.